The predicted octanol–water partition coefficient (Wildman–Crippen LogP) is 4.71. The zero-order valence-electron chi connectivity index (χ0n) is 14.3. The van der Waals surface area contributed by atoms with Gasteiger partial charge >= 0.3 is 5.97 Å². The van der Waals surface area contributed by atoms with Crippen LogP contribution >= 0.6 is 34.7 Å². The van der Waals surface area contributed by atoms with Crippen molar-refractivity contribution in [3.05, 3.63) is 45.4 Å². The molecule has 0 unspecified atom stereocenters. The summed E-state index contributed by atoms with van der Waals surface area (Å²) in [5.74, 6) is -0.744. The summed E-state index contributed by atoms with van der Waals surface area (Å²) in [6.45, 7) is 1.74. The van der Waals surface area contributed by atoms with E-state index in [1.807, 2.05) is 12.3 Å². The van der Waals surface area contributed by atoms with Gasteiger partial charge in [0.25, 0.3) is 5.91 Å². The number of carbonyl (C=O) groups is 2. The highest BCUT2D eigenvalue weighted by atomic mass is 35.5. The SMILES string of the molecule is COc1ccc2c(c1Cl)c(CC(=O)O)c(C)n2C(=O)c1ccc(SC)s1. The second-order valence-electron chi connectivity index (χ2n) is 5.57. The van der Waals surface area contributed by atoms with Gasteiger partial charge in [-0.25, -0.2) is 0 Å². The van der Waals surface area contributed by atoms with Gasteiger partial charge in [0, 0.05) is 11.1 Å². The van der Waals surface area contributed by atoms with Gasteiger partial charge < -0.3 is 9.84 Å². The third kappa shape index (κ3) is 3.11. The van der Waals surface area contributed by atoms with Crippen LogP contribution in [0.5, 0.6) is 5.75 Å². The molecule has 1 N–H and O–H groups in total. The number of methoxy groups -OCH3 is 1. The molecule has 0 amide bonds. The topological polar surface area (TPSA) is 68.5 Å². The average molecular weight is 410 g/mol. The van der Waals surface area contributed by atoms with Gasteiger partial charge in [-0.1, -0.05) is 11.6 Å². The quantitative estimate of drug-likeness (QED) is 0.618. The van der Waals surface area contributed by atoms with Crippen molar-refractivity contribution in [3.63, 3.8) is 0 Å². The van der Waals surface area contributed by atoms with Gasteiger partial charge in [-0.3, -0.25) is 14.2 Å². The lowest BCUT2D eigenvalue weighted by atomic mass is 10.1. The standard InChI is InChI=1S/C18H16ClNO4S2/c1-9-10(8-14(21)22)16-11(4-5-12(24-2)17(16)19)20(9)18(23)13-6-7-15(25-3)26-13/h4-7H,8H2,1-3H3,(H,21,22). The number of ether oxygens (including phenoxy) is 1. The molecular formula is C18H16ClNO4S2. The van der Waals surface area contributed by atoms with Crippen molar-refractivity contribution in [1.29, 1.82) is 0 Å². The maximum atomic E-state index is 13.1. The molecule has 0 atom stereocenters. The molecular weight excluding hydrogens is 394 g/mol. The zero-order valence-corrected chi connectivity index (χ0v) is 16.7. The highest BCUT2D eigenvalue weighted by Crippen LogP contribution is 2.39. The van der Waals surface area contributed by atoms with Crippen LogP contribution in [0.1, 0.15) is 20.9 Å². The number of carboxylic acids is 1. The third-order valence-electron chi connectivity index (χ3n) is 4.14. The first-order valence-electron chi connectivity index (χ1n) is 7.65. The number of carboxylic acid groups (broad SMARTS) is 1. The van der Waals surface area contributed by atoms with Crippen molar-refractivity contribution < 1.29 is 19.4 Å². The number of nitrogens with zero attached hydrogens (tertiary/aromatic N) is 1. The Bertz CT molecular complexity index is 1020. The number of thiophene rings is 1. The van der Waals surface area contributed by atoms with E-state index < -0.39 is 5.97 Å². The van der Waals surface area contributed by atoms with Gasteiger partial charge in [-0.05, 0) is 43.0 Å². The lowest BCUT2D eigenvalue weighted by Gasteiger charge is -2.07. The summed E-state index contributed by atoms with van der Waals surface area (Å²) < 4.78 is 7.82. The molecule has 0 aliphatic carbocycles. The van der Waals surface area contributed by atoms with Crippen molar-refractivity contribution in [3.8, 4) is 5.75 Å². The maximum absolute atomic E-state index is 13.1. The lowest BCUT2D eigenvalue weighted by molar-refractivity contribution is -0.136. The number of fused-ring (bicyclic) bond motifs is 1. The minimum absolute atomic E-state index is 0.198. The van der Waals surface area contributed by atoms with E-state index in [0.717, 1.165) is 4.21 Å². The molecule has 0 aliphatic heterocycles. The van der Waals surface area contributed by atoms with E-state index in [1.165, 1.54) is 23.0 Å². The number of carbonyl (C=O) groups excluding carboxylic acids is 1. The number of hydrogen-bond donors (Lipinski definition) is 1. The molecule has 0 bridgehead atoms. The van der Waals surface area contributed by atoms with E-state index in [1.54, 1.807) is 36.9 Å². The van der Waals surface area contributed by atoms with Crippen LogP contribution in [0, 0.1) is 6.92 Å². The smallest absolute Gasteiger partial charge is 0.307 e. The highest BCUT2D eigenvalue weighted by molar-refractivity contribution is 8.00. The molecule has 0 saturated heterocycles. The van der Waals surface area contributed by atoms with Crippen molar-refractivity contribution in [1.82, 2.24) is 4.57 Å². The summed E-state index contributed by atoms with van der Waals surface area (Å²) in [5, 5.41) is 10.2. The number of benzene rings is 1. The largest absolute Gasteiger partial charge is 0.495 e. The molecule has 0 fully saturated rings. The van der Waals surface area contributed by atoms with E-state index in [2.05, 4.69) is 0 Å². The molecule has 0 aliphatic rings. The first kappa shape index (κ1) is 18.8. The molecule has 0 spiro atoms. The molecule has 1 aromatic carbocycles. The fraction of sp³-hybridized carbons (Fsp3) is 0.222. The van der Waals surface area contributed by atoms with Crippen LogP contribution in [0.25, 0.3) is 10.9 Å². The Balaban J connectivity index is 2.28. The predicted molar refractivity (Wildman–Crippen MR) is 105 cm³/mol. The molecule has 0 radical (unpaired) electrons. The molecule has 2 aromatic heterocycles. The van der Waals surface area contributed by atoms with Gasteiger partial charge in [-0.2, -0.15) is 0 Å². The van der Waals surface area contributed by atoms with Gasteiger partial charge in [-0.15, -0.1) is 23.1 Å². The number of thioether (sulfide) groups is 1. The minimum Gasteiger partial charge on any atom is -0.495 e. The van der Waals surface area contributed by atoms with Gasteiger partial charge in [0.2, 0.25) is 0 Å². The molecule has 3 aromatic rings. The number of halogens is 1. The van der Waals surface area contributed by atoms with Crippen molar-refractivity contribution >= 4 is 57.5 Å². The summed E-state index contributed by atoms with van der Waals surface area (Å²) >= 11 is 9.43. The Morgan fingerprint density at radius 1 is 1.31 bits per heavy atom. The summed E-state index contributed by atoms with van der Waals surface area (Å²) in [5.41, 5.74) is 1.67. The lowest BCUT2D eigenvalue weighted by Crippen LogP contribution is -2.12. The summed E-state index contributed by atoms with van der Waals surface area (Å²) in [6.07, 6.45) is 1.73. The van der Waals surface area contributed by atoms with Gasteiger partial charge in [0.15, 0.2) is 0 Å². The Labute approximate surface area is 163 Å². The van der Waals surface area contributed by atoms with Crippen molar-refractivity contribution in [2.24, 2.45) is 0 Å². The normalized spacial score (nSPS) is 11.1. The van der Waals surface area contributed by atoms with Crippen molar-refractivity contribution in [2.75, 3.05) is 13.4 Å². The van der Waals surface area contributed by atoms with E-state index >= 15 is 0 Å². The molecule has 26 heavy (non-hydrogen) atoms. The first-order valence-corrected chi connectivity index (χ1v) is 10.1. The van der Waals surface area contributed by atoms with Crippen molar-refractivity contribution in [2.45, 2.75) is 17.6 Å². The van der Waals surface area contributed by atoms with E-state index in [-0.39, 0.29) is 12.3 Å². The maximum Gasteiger partial charge on any atom is 0.307 e. The molecule has 136 valence electrons. The van der Waals surface area contributed by atoms with Gasteiger partial charge in [0.05, 0.1) is 33.2 Å². The first-order chi connectivity index (χ1) is 12.4. The van der Waals surface area contributed by atoms with E-state index in [0.29, 0.717) is 37.8 Å². The number of rotatable bonds is 5. The second-order valence-corrected chi connectivity index (χ2v) is 8.14. The van der Waals surface area contributed by atoms with Crippen LogP contribution in [0.2, 0.25) is 5.02 Å². The van der Waals surface area contributed by atoms with E-state index in [9.17, 15) is 14.7 Å². The third-order valence-corrected chi connectivity index (χ3v) is 6.68. The highest BCUT2D eigenvalue weighted by Gasteiger charge is 2.25. The Kier molecular flexibility index (Phi) is 5.32. The van der Waals surface area contributed by atoms with E-state index in [4.69, 9.17) is 16.3 Å². The molecule has 5 nitrogen and oxygen atoms in total. The summed E-state index contributed by atoms with van der Waals surface area (Å²) in [7, 11) is 1.49. The molecule has 3 rings (SSSR count). The van der Waals surface area contributed by atoms with Crippen LogP contribution in [0.15, 0.2) is 28.5 Å². The van der Waals surface area contributed by atoms with Crippen LogP contribution in [-0.2, 0) is 11.2 Å². The monoisotopic (exact) mass is 409 g/mol. The van der Waals surface area contributed by atoms with Gasteiger partial charge in [0.1, 0.15) is 5.75 Å². The van der Waals surface area contributed by atoms with Crippen LogP contribution in [0.3, 0.4) is 0 Å². The number of aliphatic carboxylic acids is 1. The average Bonchev–Trinajstić information content (AvgIpc) is 3.18. The fourth-order valence-corrected chi connectivity index (χ4v) is 4.78. The zero-order chi connectivity index (χ0) is 19.0. The number of aromatic nitrogens is 1. The van der Waals surface area contributed by atoms with Crippen LogP contribution in [0.4, 0.5) is 0 Å². The molecule has 8 heteroatoms. The summed E-state index contributed by atoms with van der Waals surface area (Å²) in [4.78, 5) is 25.1. The van der Waals surface area contributed by atoms with Crippen LogP contribution < -0.4 is 4.74 Å². The Morgan fingerprint density at radius 2 is 2.04 bits per heavy atom. The number of hydrogen-bond acceptors (Lipinski definition) is 5. The summed E-state index contributed by atoms with van der Waals surface area (Å²) in [6, 6.07) is 7.10. The Hall–Kier alpha value is -1.96. The molecule has 2 heterocycles. The minimum atomic E-state index is -0.987. The Morgan fingerprint density at radius 3 is 2.62 bits per heavy atom. The molecule has 0 saturated carbocycles. The second kappa shape index (κ2) is 7.34. The van der Waals surface area contributed by atoms with Crippen LogP contribution in [-0.4, -0.2) is 34.9 Å². The fourth-order valence-electron chi connectivity index (χ4n) is 2.96.